The van der Waals surface area contributed by atoms with E-state index in [0.29, 0.717) is 12.0 Å². The van der Waals surface area contributed by atoms with E-state index in [9.17, 15) is 0 Å². The highest BCUT2D eigenvalue weighted by atomic mass is 31.1. The largest absolute Gasteiger partial charge is 0.320 e. The third-order valence-corrected chi connectivity index (χ3v) is 8.60. The van der Waals surface area contributed by atoms with Crippen molar-refractivity contribution in [1.29, 1.82) is 0 Å². The van der Waals surface area contributed by atoms with Gasteiger partial charge in [0.25, 0.3) is 0 Å². The highest BCUT2D eigenvalue weighted by Crippen LogP contribution is 2.65. The standard InChI is InChI=1S/C24H17N2P/c1-2-8-16(9-3-1)27-25-21-12-6-4-10-17(21)19-14-15-20-18-11-5-7-13-22(18)26(27)24(20)23(19)25/h1-15,17,21H. The molecule has 3 unspecified atom stereocenters. The summed E-state index contributed by atoms with van der Waals surface area (Å²) < 4.78 is 5.36. The number of hydrogen-bond donors (Lipinski definition) is 0. The molecule has 3 heteroatoms. The van der Waals surface area contributed by atoms with Crippen LogP contribution in [0, 0.1) is 0 Å². The topological polar surface area (TPSA) is 8.17 Å². The molecule has 7 rings (SSSR count). The van der Waals surface area contributed by atoms with E-state index in [1.54, 1.807) is 0 Å². The zero-order valence-corrected chi connectivity index (χ0v) is 15.6. The van der Waals surface area contributed by atoms with Crippen LogP contribution in [0.3, 0.4) is 0 Å². The molecule has 27 heavy (non-hydrogen) atoms. The quantitative estimate of drug-likeness (QED) is 0.394. The van der Waals surface area contributed by atoms with Crippen molar-refractivity contribution >= 4 is 41.0 Å². The van der Waals surface area contributed by atoms with Gasteiger partial charge in [0.05, 0.1) is 22.8 Å². The Hall–Kier alpha value is -2.83. The predicted molar refractivity (Wildman–Crippen MR) is 115 cm³/mol. The Morgan fingerprint density at radius 1 is 0.741 bits per heavy atom. The van der Waals surface area contributed by atoms with E-state index in [-0.39, 0.29) is 0 Å². The van der Waals surface area contributed by atoms with Gasteiger partial charge in [0.2, 0.25) is 0 Å². The molecule has 0 saturated carbocycles. The molecule has 128 valence electrons. The first-order valence-electron chi connectivity index (χ1n) is 9.49. The molecule has 1 aliphatic carbocycles. The number of anilines is 1. The number of rotatable bonds is 1. The summed E-state index contributed by atoms with van der Waals surface area (Å²) in [5, 5.41) is 4.18. The Labute approximate surface area is 158 Å². The van der Waals surface area contributed by atoms with Gasteiger partial charge < -0.3 is 4.67 Å². The van der Waals surface area contributed by atoms with Crippen LogP contribution in [0.2, 0.25) is 0 Å². The molecule has 0 radical (unpaired) electrons. The molecule has 0 amide bonds. The van der Waals surface area contributed by atoms with Crippen LogP contribution < -0.4 is 9.97 Å². The Bertz CT molecular complexity index is 1300. The summed E-state index contributed by atoms with van der Waals surface area (Å²) in [7, 11) is -0.639. The molecule has 0 fully saturated rings. The molecule has 2 aliphatic heterocycles. The Morgan fingerprint density at radius 2 is 1.56 bits per heavy atom. The summed E-state index contributed by atoms with van der Waals surface area (Å²) in [5.74, 6) is 0.467. The van der Waals surface area contributed by atoms with Gasteiger partial charge in [0, 0.05) is 22.0 Å². The summed E-state index contributed by atoms with van der Waals surface area (Å²) in [6.07, 6.45) is 9.20. The lowest BCUT2D eigenvalue weighted by Crippen LogP contribution is -2.31. The van der Waals surface area contributed by atoms with Gasteiger partial charge in [0.15, 0.2) is 0 Å². The van der Waals surface area contributed by atoms with Crippen LogP contribution in [-0.2, 0) is 0 Å². The number of nitrogens with zero attached hydrogens (tertiary/aromatic N) is 2. The fourth-order valence-electron chi connectivity index (χ4n) is 5.12. The van der Waals surface area contributed by atoms with Crippen LogP contribution in [-0.4, -0.2) is 10.4 Å². The van der Waals surface area contributed by atoms with Crippen molar-refractivity contribution in [3.8, 4) is 0 Å². The van der Waals surface area contributed by atoms with Crippen molar-refractivity contribution < 1.29 is 0 Å². The van der Waals surface area contributed by atoms with Crippen molar-refractivity contribution in [3.63, 3.8) is 0 Å². The van der Waals surface area contributed by atoms with E-state index < -0.39 is 8.22 Å². The SMILES string of the molecule is C1=CC2c3ccc4c5ccccc5n5c4c3N(C2C=C1)P5c1ccccc1. The third kappa shape index (κ3) is 1.62. The van der Waals surface area contributed by atoms with E-state index in [2.05, 4.69) is 100 Å². The van der Waals surface area contributed by atoms with Crippen molar-refractivity contribution in [2.24, 2.45) is 0 Å². The van der Waals surface area contributed by atoms with Crippen molar-refractivity contribution in [2.45, 2.75) is 12.0 Å². The molecule has 2 nitrogen and oxygen atoms in total. The van der Waals surface area contributed by atoms with Crippen LogP contribution in [0.5, 0.6) is 0 Å². The van der Waals surface area contributed by atoms with Crippen molar-refractivity contribution in [3.05, 3.63) is 96.6 Å². The lowest BCUT2D eigenvalue weighted by atomic mass is 9.91. The molecule has 0 saturated heterocycles. The van der Waals surface area contributed by atoms with Gasteiger partial charge >= 0.3 is 0 Å². The first kappa shape index (κ1) is 14.3. The third-order valence-electron chi connectivity index (χ3n) is 6.17. The average Bonchev–Trinajstić information content (AvgIpc) is 3.36. The van der Waals surface area contributed by atoms with E-state index in [0.717, 1.165) is 0 Å². The fourth-order valence-corrected chi connectivity index (χ4v) is 7.88. The second-order valence-electron chi connectivity index (χ2n) is 7.48. The zero-order valence-electron chi connectivity index (χ0n) is 14.7. The highest BCUT2D eigenvalue weighted by molar-refractivity contribution is 7.66. The van der Waals surface area contributed by atoms with E-state index in [1.165, 1.54) is 38.4 Å². The van der Waals surface area contributed by atoms with Gasteiger partial charge in [-0.15, -0.1) is 0 Å². The minimum absolute atomic E-state index is 0.417. The van der Waals surface area contributed by atoms with Gasteiger partial charge in [-0.25, -0.2) is 0 Å². The second kappa shape index (κ2) is 4.91. The highest BCUT2D eigenvalue weighted by Gasteiger charge is 2.47. The summed E-state index contributed by atoms with van der Waals surface area (Å²) >= 11 is 0. The monoisotopic (exact) mass is 364 g/mol. The lowest BCUT2D eigenvalue weighted by Gasteiger charge is -2.32. The molecule has 1 aromatic heterocycles. The van der Waals surface area contributed by atoms with Gasteiger partial charge in [-0.05, 0) is 11.6 Å². The minimum atomic E-state index is -0.639. The van der Waals surface area contributed by atoms with Crippen LogP contribution in [0.4, 0.5) is 5.69 Å². The van der Waals surface area contributed by atoms with Gasteiger partial charge in [-0.3, -0.25) is 4.34 Å². The molecular weight excluding hydrogens is 347 g/mol. The molecular formula is C24H17N2P. The van der Waals surface area contributed by atoms with Crippen LogP contribution in [0.1, 0.15) is 11.5 Å². The molecule has 0 N–H and O–H groups in total. The maximum Gasteiger partial charge on any atom is 0.134 e. The van der Waals surface area contributed by atoms with E-state index >= 15 is 0 Å². The normalized spacial score (nSPS) is 24.3. The van der Waals surface area contributed by atoms with E-state index in [4.69, 9.17) is 0 Å². The smallest absolute Gasteiger partial charge is 0.134 e. The van der Waals surface area contributed by atoms with Gasteiger partial charge in [0.1, 0.15) is 8.22 Å². The molecule has 3 aromatic carbocycles. The van der Waals surface area contributed by atoms with Gasteiger partial charge in [-0.2, -0.15) is 0 Å². The first-order valence-corrected chi connectivity index (χ1v) is 10.7. The summed E-state index contributed by atoms with van der Waals surface area (Å²) in [4.78, 5) is 0. The van der Waals surface area contributed by atoms with Crippen LogP contribution in [0.25, 0.3) is 21.8 Å². The zero-order chi connectivity index (χ0) is 17.5. The first-order chi connectivity index (χ1) is 13.4. The Kier molecular flexibility index (Phi) is 2.59. The number of allylic oxidation sites excluding steroid dienone is 2. The average molecular weight is 364 g/mol. The number of fused-ring (bicyclic) bond motifs is 6. The maximum absolute atomic E-state index is 2.72. The van der Waals surface area contributed by atoms with Crippen molar-refractivity contribution in [2.75, 3.05) is 4.67 Å². The summed E-state index contributed by atoms with van der Waals surface area (Å²) in [6, 6.07) is 25.1. The maximum atomic E-state index is 2.72. The van der Waals surface area contributed by atoms with Crippen LogP contribution >= 0.6 is 8.22 Å². The molecule has 0 bridgehead atoms. The summed E-state index contributed by atoms with van der Waals surface area (Å²) in [5.41, 5.74) is 5.74. The lowest BCUT2D eigenvalue weighted by molar-refractivity contribution is 0.768. The Morgan fingerprint density at radius 3 is 2.48 bits per heavy atom. The summed E-state index contributed by atoms with van der Waals surface area (Å²) in [6.45, 7) is 0. The molecule has 4 aromatic rings. The molecule has 3 atom stereocenters. The van der Waals surface area contributed by atoms with Crippen LogP contribution in [0.15, 0.2) is 91.0 Å². The minimum Gasteiger partial charge on any atom is -0.320 e. The number of aromatic nitrogens is 1. The van der Waals surface area contributed by atoms with E-state index in [1.807, 2.05) is 0 Å². The Balaban J connectivity index is 1.66. The molecule has 0 spiro atoms. The number of hydrogen-bond acceptors (Lipinski definition) is 1. The van der Waals surface area contributed by atoms with Crippen molar-refractivity contribution in [1.82, 2.24) is 4.34 Å². The molecule has 3 aliphatic rings. The number of para-hydroxylation sites is 1. The molecule has 3 heterocycles. The second-order valence-corrected chi connectivity index (χ2v) is 9.41. The van der Waals surface area contributed by atoms with Gasteiger partial charge in [-0.1, -0.05) is 85.0 Å². The predicted octanol–water partition coefficient (Wildman–Crippen LogP) is 5.69. The number of benzene rings is 3. The fraction of sp³-hybridized carbons (Fsp3) is 0.0833.